The highest BCUT2D eigenvalue weighted by Gasteiger charge is 2.60. The summed E-state index contributed by atoms with van der Waals surface area (Å²) in [5.74, 6) is 2.97. The van der Waals surface area contributed by atoms with Gasteiger partial charge >= 0.3 is 0 Å². The number of halogens is 2. The molecule has 0 aromatic carbocycles. The van der Waals surface area contributed by atoms with E-state index in [9.17, 15) is 0 Å². The highest BCUT2D eigenvalue weighted by atomic mass is 35.5. The van der Waals surface area contributed by atoms with E-state index in [0.29, 0.717) is 11.8 Å². The molecule has 0 radical (unpaired) electrons. The van der Waals surface area contributed by atoms with Crippen molar-refractivity contribution in [3.8, 4) is 0 Å². The molecule has 0 heterocycles. The van der Waals surface area contributed by atoms with Crippen molar-refractivity contribution < 1.29 is 0 Å². The van der Waals surface area contributed by atoms with E-state index in [-0.39, 0.29) is 10.8 Å². The Kier molecular flexibility index (Phi) is 1.22. The predicted octanol–water partition coefficient (Wildman–Crippen LogP) is 2.65. The third kappa shape index (κ3) is 0.643. The Balaban J connectivity index is 1.96. The third-order valence-electron chi connectivity index (χ3n) is 3.62. The van der Waals surface area contributed by atoms with Crippen LogP contribution in [0.1, 0.15) is 6.42 Å². The SMILES string of the molecule is Cl[C@@H]1[C@H](Cl)[C@H]2C3C=CC(C3)[C@@H]12. The van der Waals surface area contributed by atoms with Gasteiger partial charge in [0.2, 0.25) is 0 Å². The van der Waals surface area contributed by atoms with E-state index < -0.39 is 0 Å². The minimum absolute atomic E-state index is 0.251. The summed E-state index contributed by atoms with van der Waals surface area (Å²) < 4.78 is 0. The van der Waals surface area contributed by atoms with Crippen LogP contribution >= 0.6 is 23.2 Å². The van der Waals surface area contributed by atoms with E-state index in [0.717, 1.165) is 11.8 Å². The molecule has 60 valence electrons. The molecule has 2 bridgehead atoms. The molecule has 0 amide bonds. The summed E-state index contributed by atoms with van der Waals surface area (Å²) in [6.07, 6.45) is 6.00. The first-order chi connectivity index (χ1) is 5.29. The second kappa shape index (κ2) is 1.97. The fourth-order valence-electron chi connectivity index (χ4n) is 3.07. The van der Waals surface area contributed by atoms with Gasteiger partial charge < -0.3 is 0 Å². The van der Waals surface area contributed by atoms with Gasteiger partial charge in [0.15, 0.2) is 0 Å². The standard InChI is InChI=1S/C9H10Cl2/c10-8-6-4-1-2-5(3-4)7(6)9(8)11/h1-2,4-9H,3H2/t4?,5?,6-,7+,8+,9-. The van der Waals surface area contributed by atoms with Crippen molar-refractivity contribution in [2.24, 2.45) is 23.7 Å². The largest absolute Gasteiger partial charge is 0.121 e. The third-order valence-corrected chi connectivity index (χ3v) is 4.88. The minimum atomic E-state index is 0.251. The lowest BCUT2D eigenvalue weighted by Gasteiger charge is -2.47. The average molecular weight is 189 g/mol. The summed E-state index contributed by atoms with van der Waals surface area (Å²) in [7, 11) is 0. The van der Waals surface area contributed by atoms with Crippen LogP contribution < -0.4 is 0 Å². The van der Waals surface area contributed by atoms with Gasteiger partial charge in [0.05, 0.1) is 10.8 Å². The maximum atomic E-state index is 6.13. The van der Waals surface area contributed by atoms with E-state index in [4.69, 9.17) is 23.2 Å². The molecule has 0 N–H and O–H groups in total. The van der Waals surface area contributed by atoms with Crippen LogP contribution in [0.15, 0.2) is 12.2 Å². The molecule has 3 aliphatic rings. The molecule has 3 rings (SSSR count). The summed E-state index contributed by atoms with van der Waals surface area (Å²) in [4.78, 5) is 0. The molecule has 0 saturated heterocycles. The molecule has 2 unspecified atom stereocenters. The van der Waals surface area contributed by atoms with Crippen molar-refractivity contribution in [2.75, 3.05) is 0 Å². The summed E-state index contributed by atoms with van der Waals surface area (Å²) in [5.41, 5.74) is 0. The Morgan fingerprint density at radius 1 is 0.909 bits per heavy atom. The Hall–Kier alpha value is 0.320. The number of rotatable bonds is 0. The molecule has 6 atom stereocenters. The Morgan fingerprint density at radius 3 is 1.82 bits per heavy atom. The fraction of sp³-hybridized carbons (Fsp3) is 0.778. The van der Waals surface area contributed by atoms with Gasteiger partial charge in [-0.1, -0.05) is 12.2 Å². The molecular formula is C9H10Cl2. The van der Waals surface area contributed by atoms with Crippen molar-refractivity contribution in [2.45, 2.75) is 17.2 Å². The summed E-state index contributed by atoms with van der Waals surface area (Å²) in [5, 5.41) is 0.503. The summed E-state index contributed by atoms with van der Waals surface area (Å²) >= 11 is 12.3. The van der Waals surface area contributed by atoms with Crippen molar-refractivity contribution in [1.29, 1.82) is 0 Å². The van der Waals surface area contributed by atoms with Gasteiger partial charge in [0.1, 0.15) is 0 Å². The zero-order valence-electron chi connectivity index (χ0n) is 6.08. The quantitative estimate of drug-likeness (QED) is 0.406. The first kappa shape index (κ1) is 6.80. The predicted molar refractivity (Wildman–Crippen MR) is 47.0 cm³/mol. The molecule has 0 aromatic heterocycles. The van der Waals surface area contributed by atoms with Crippen LogP contribution in [0, 0.1) is 23.7 Å². The Bertz CT molecular complexity index is 202. The van der Waals surface area contributed by atoms with Gasteiger partial charge in [0.25, 0.3) is 0 Å². The number of hydrogen-bond donors (Lipinski definition) is 0. The summed E-state index contributed by atoms with van der Waals surface area (Å²) in [6, 6.07) is 0. The minimum Gasteiger partial charge on any atom is -0.121 e. The van der Waals surface area contributed by atoms with Crippen LogP contribution in [-0.4, -0.2) is 10.8 Å². The highest BCUT2D eigenvalue weighted by Crippen LogP contribution is 2.61. The second-order valence-electron chi connectivity index (χ2n) is 3.99. The van der Waals surface area contributed by atoms with Crippen LogP contribution in [0.5, 0.6) is 0 Å². The zero-order valence-corrected chi connectivity index (χ0v) is 7.59. The second-order valence-corrected chi connectivity index (χ2v) is 5.00. The topological polar surface area (TPSA) is 0 Å². The monoisotopic (exact) mass is 188 g/mol. The maximum absolute atomic E-state index is 6.13. The first-order valence-corrected chi connectivity index (χ1v) is 5.13. The molecule has 2 heteroatoms. The van der Waals surface area contributed by atoms with Crippen molar-refractivity contribution in [1.82, 2.24) is 0 Å². The van der Waals surface area contributed by atoms with Crippen molar-refractivity contribution >= 4 is 23.2 Å². The van der Waals surface area contributed by atoms with Crippen LogP contribution in [0.2, 0.25) is 0 Å². The molecule has 0 aromatic rings. The van der Waals surface area contributed by atoms with Gasteiger partial charge in [0, 0.05) is 0 Å². The van der Waals surface area contributed by atoms with Gasteiger partial charge in [-0.05, 0) is 30.1 Å². The van der Waals surface area contributed by atoms with E-state index in [1.807, 2.05) is 0 Å². The molecule has 0 aliphatic heterocycles. The molecule has 11 heavy (non-hydrogen) atoms. The molecule has 2 saturated carbocycles. The number of fused-ring (bicyclic) bond motifs is 5. The van der Waals surface area contributed by atoms with E-state index >= 15 is 0 Å². The maximum Gasteiger partial charge on any atom is 0.0539 e. The van der Waals surface area contributed by atoms with Gasteiger partial charge in [-0.15, -0.1) is 23.2 Å². The normalized spacial score (nSPS) is 64.5. The number of hydrogen-bond acceptors (Lipinski definition) is 0. The van der Waals surface area contributed by atoms with E-state index in [1.54, 1.807) is 0 Å². The molecule has 2 fully saturated rings. The van der Waals surface area contributed by atoms with Crippen molar-refractivity contribution in [3.63, 3.8) is 0 Å². The van der Waals surface area contributed by atoms with Crippen LogP contribution in [0.25, 0.3) is 0 Å². The van der Waals surface area contributed by atoms with E-state index in [1.165, 1.54) is 6.42 Å². The first-order valence-electron chi connectivity index (χ1n) is 4.25. The highest BCUT2D eigenvalue weighted by molar-refractivity contribution is 6.31. The molecule has 0 nitrogen and oxygen atoms in total. The van der Waals surface area contributed by atoms with Gasteiger partial charge in [-0.25, -0.2) is 0 Å². The zero-order chi connectivity index (χ0) is 7.59. The summed E-state index contributed by atoms with van der Waals surface area (Å²) in [6.45, 7) is 0. The molecule has 0 spiro atoms. The lowest BCUT2D eigenvalue weighted by Crippen LogP contribution is -2.51. The Morgan fingerprint density at radius 2 is 1.36 bits per heavy atom. The van der Waals surface area contributed by atoms with Crippen LogP contribution in [0.4, 0.5) is 0 Å². The number of allylic oxidation sites excluding steroid dienone is 2. The van der Waals surface area contributed by atoms with Crippen molar-refractivity contribution in [3.05, 3.63) is 12.2 Å². The smallest absolute Gasteiger partial charge is 0.0539 e. The Labute approximate surface area is 76.6 Å². The van der Waals surface area contributed by atoms with Crippen LogP contribution in [-0.2, 0) is 0 Å². The average Bonchev–Trinajstić information content (AvgIpc) is 2.58. The lowest BCUT2D eigenvalue weighted by atomic mass is 9.67. The molecule has 3 aliphatic carbocycles. The lowest BCUT2D eigenvalue weighted by molar-refractivity contribution is 0.177. The van der Waals surface area contributed by atoms with Crippen LogP contribution in [0.3, 0.4) is 0 Å². The number of alkyl halides is 2. The van der Waals surface area contributed by atoms with Gasteiger partial charge in [-0.2, -0.15) is 0 Å². The van der Waals surface area contributed by atoms with Gasteiger partial charge in [-0.3, -0.25) is 0 Å². The molecular weight excluding hydrogens is 179 g/mol. The fourth-order valence-corrected chi connectivity index (χ4v) is 4.12. The van der Waals surface area contributed by atoms with E-state index in [2.05, 4.69) is 12.2 Å².